The third-order valence-electron chi connectivity index (χ3n) is 4.17. The van der Waals surface area contributed by atoms with Crippen LogP contribution in [0.25, 0.3) is 0 Å². The molecule has 0 aromatic carbocycles. The maximum Gasteiger partial charge on any atom is 0.0738 e. The van der Waals surface area contributed by atoms with Crippen LogP contribution in [0.15, 0.2) is 25.0 Å². The molecule has 0 aliphatic carbocycles. The lowest BCUT2D eigenvalue weighted by Gasteiger charge is -2.33. The molecule has 3 heterocycles. The third-order valence-corrected chi connectivity index (χ3v) is 4.17. The third kappa shape index (κ3) is 2.92. The maximum atomic E-state index is 5.57. The molecule has 0 spiro atoms. The summed E-state index contributed by atoms with van der Waals surface area (Å²) in [5.74, 6) is 0. The second kappa shape index (κ2) is 6.48. The second-order valence-corrected chi connectivity index (χ2v) is 5.48. The number of rotatable bonds is 5. The molecular weight excluding hydrogens is 252 g/mol. The first-order valence-corrected chi connectivity index (χ1v) is 7.33. The number of fused-ring (bicyclic) bond motifs is 1. The lowest BCUT2D eigenvalue weighted by Crippen LogP contribution is -2.40. The monoisotopic (exact) mass is 274 g/mol. The van der Waals surface area contributed by atoms with Crippen LogP contribution in [0.1, 0.15) is 23.1 Å². The van der Waals surface area contributed by atoms with Crippen LogP contribution in [0.4, 0.5) is 0 Å². The van der Waals surface area contributed by atoms with Crippen molar-refractivity contribution in [3.8, 4) is 0 Å². The van der Waals surface area contributed by atoms with Crippen molar-refractivity contribution in [2.75, 3.05) is 26.4 Å². The van der Waals surface area contributed by atoms with Gasteiger partial charge in [0, 0.05) is 38.1 Å². The van der Waals surface area contributed by atoms with E-state index in [0.29, 0.717) is 19.3 Å². The lowest BCUT2D eigenvalue weighted by atomic mass is 9.96. The summed E-state index contributed by atoms with van der Waals surface area (Å²) < 4.78 is 11.1. The van der Waals surface area contributed by atoms with E-state index in [9.17, 15) is 0 Å². The largest absolute Gasteiger partial charge is 0.380 e. The van der Waals surface area contributed by atoms with Gasteiger partial charge in [-0.2, -0.15) is 0 Å². The molecule has 0 N–H and O–H groups in total. The summed E-state index contributed by atoms with van der Waals surface area (Å²) in [5, 5.41) is 0. The SMILES string of the molecule is C=CCOCc1cncc2c1CCN([C@@H]1CCOC1)C2. The predicted octanol–water partition coefficient (Wildman–Crippen LogP) is 1.93. The molecule has 1 atom stereocenters. The maximum absolute atomic E-state index is 5.57. The molecule has 4 nitrogen and oxygen atoms in total. The topological polar surface area (TPSA) is 34.6 Å². The molecule has 0 amide bonds. The van der Waals surface area contributed by atoms with E-state index in [4.69, 9.17) is 9.47 Å². The number of hydrogen-bond acceptors (Lipinski definition) is 4. The number of pyridine rings is 1. The minimum absolute atomic E-state index is 0.587. The molecule has 4 heteroatoms. The minimum atomic E-state index is 0.587. The molecule has 1 aromatic heterocycles. The van der Waals surface area contributed by atoms with Gasteiger partial charge < -0.3 is 9.47 Å². The Bertz CT molecular complexity index is 470. The molecule has 3 rings (SSSR count). The Balaban J connectivity index is 1.70. The van der Waals surface area contributed by atoms with Gasteiger partial charge in [0.15, 0.2) is 0 Å². The first-order valence-electron chi connectivity index (χ1n) is 7.33. The molecule has 1 saturated heterocycles. The van der Waals surface area contributed by atoms with Crippen LogP contribution in [-0.2, 0) is 29.0 Å². The van der Waals surface area contributed by atoms with Crippen molar-refractivity contribution in [1.29, 1.82) is 0 Å². The van der Waals surface area contributed by atoms with E-state index in [0.717, 1.165) is 39.1 Å². The van der Waals surface area contributed by atoms with Gasteiger partial charge in [0.05, 0.1) is 19.8 Å². The standard InChI is InChI=1S/C16H22N2O2/c1-2-6-19-11-14-9-17-8-13-10-18(5-3-16(13)14)15-4-7-20-12-15/h2,8-9,15H,1,3-7,10-12H2/t15-/m1/s1. The van der Waals surface area contributed by atoms with Crippen molar-refractivity contribution in [3.05, 3.63) is 41.7 Å². The highest BCUT2D eigenvalue weighted by Crippen LogP contribution is 2.25. The zero-order valence-corrected chi connectivity index (χ0v) is 11.9. The van der Waals surface area contributed by atoms with Gasteiger partial charge in [-0.1, -0.05) is 6.08 Å². The van der Waals surface area contributed by atoms with Crippen LogP contribution in [-0.4, -0.2) is 42.3 Å². The van der Waals surface area contributed by atoms with E-state index >= 15 is 0 Å². The summed E-state index contributed by atoms with van der Waals surface area (Å²) in [7, 11) is 0. The Kier molecular flexibility index (Phi) is 4.45. The highest BCUT2D eigenvalue weighted by atomic mass is 16.5. The molecular formula is C16H22N2O2. The van der Waals surface area contributed by atoms with Gasteiger partial charge >= 0.3 is 0 Å². The van der Waals surface area contributed by atoms with Crippen molar-refractivity contribution >= 4 is 0 Å². The number of aromatic nitrogens is 1. The van der Waals surface area contributed by atoms with Gasteiger partial charge in [-0.15, -0.1) is 6.58 Å². The van der Waals surface area contributed by atoms with Crippen LogP contribution >= 0.6 is 0 Å². The molecule has 0 radical (unpaired) electrons. The summed E-state index contributed by atoms with van der Waals surface area (Å²) in [6.45, 7) is 8.79. The smallest absolute Gasteiger partial charge is 0.0738 e. The van der Waals surface area contributed by atoms with Gasteiger partial charge in [0.2, 0.25) is 0 Å². The van der Waals surface area contributed by atoms with E-state index in [-0.39, 0.29) is 0 Å². The molecule has 0 bridgehead atoms. The fraction of sp³-hybridized carbons (Fsp3) is 0.562. The molecule has 20 heavy (non-hydrogen) atoms. The summed E-state index contributed by atoms with van der Waals surface area (Å²) in [5.41, 5.74) is 4.01. The molecule has 0 unspecified atom stereocenters. The molecule has 1 fully saturated rings. The fourth-order valence-electron chi connectivity index (χ4n) is 3.09. The zero-order chi connectivity index (χ0) is 13.8. The van der Waals surface area contributed by atoms with Crippen molar-refractivity contribution < 1.29 is 9.47 Å². The molecule has 1 aromatic rings. The van der Waals surface area contributed by atoms with E-state index in [1.807, 2.05) is 12.4 Å². The van der Waals surface area contributed by atoms with Crippen LogP contribution in [0.5, 0.6) is 0 Å². The first-order chi connectivity index (χ1) is 9.88. The van der Waals surface area contributed by atoms with E-state index in [1.165, 1.54) is 16.7 Å². The Labute approximate surface area is 120 Å². The summed E-state index contributed by atoms with van der Waals surface area (Å²) in [6, 6.07) is 0.587. The summed E-state index contributed by atoms with van der Waals surface area (Å²) in [4.78, 5) is 6.91. The van der Waals surface area contributed by atoms with Crippen molar-refractivity contribution in [1.82, 2.24) is 9.88 Å². The van der Waals surface area contributed by atoms with Gasteiger partial charge in [-0.3, -0.25) is 9.88 Å². The Morgan fingerprint density at radius 2 is 2.45 bits per heavy atom. The van der Waals surface area contributed by atoms with Crippen LogP contribution < -0.4 is 0 Å². The van der Waals surface area contributed by atoms with E-state index < -0.39 is 0 Å². The summed E-state index contributed by atoms with van der Waals surface area (Å²) >= 11 is 0. The predicted molar refractivity (Wildman–Crippen MR) is 77.4 cm³/mol. The lowest BCUT2D eigenvalue weighted by molar-refractivity contribution is 0.131. The number of ether oxygens (including phenoxy) is 2. The van der Waals surface area contributed by atoms with Gasteiger partial charge in [0.25, 0.3) is 0 Å². The van der Waals surface area contributed by atoms with Crippen molar-refractivity contribution in [2.24, 2.45) is 0 Å². The fourth-order valence-corrected chi connectivity index (χ4v) is 3.09. The average molecular weight is 274 g/mol. The van der Waals surface area contributed by atoms with Crippen LogP contribution in [0.3, 0.4) is 0 Å². The normalized spacial score (nSPS) is 22.7. The molecule has 108 valence electrons. The second-order valence-electron chi connectivity index (χ2n) is 5.48. The van der Waals surface area contributed by atoms with Gasteiger partial charge in [-0.25, -0.2) is 0 Å². The van der Waals surface area contributed by atoms with Crippen LogP contribution in [0, 0.1) is 0 Å². The van der Waals surface area contributed by atoms with Crippen molar-refractivity contribution in [2.45, 2.75) is 32.0 Å². The minimum Gasteiger partial charge on any atom is -0.380 e. The van der Waals surface area contributed by atoms with Gasteiger partial charge in [0.1, 0.15) is 0 Å². The van der Waals surface area contributed by atoms with Gasteiger partial charge in [-0.05, 0) is 29.5 Å². The average Bonchev–Trinajstić information content (AvgIpc) is 3.01. The summed E-state index contributed by atoms with van der Waals surface area (Å²) in [6.07, 6.45) is 7.97. The quantitative estimate of drug-likeness (QED) is 0.607. The Hall–Kier alpha value is -1.23. The van der Waals surface area contributed by atoms with E-state index in [2.05, 4.69) is 16.5 Å². The highest BCUT2D eigenvalue weighted by molar-refractivity contribution is 5.33. The van der Waals surface area contributed by atoms with Crippen LogP contribution in [0.2, 0.25) is 0 Å². The number of nitrogens with zero attached hydrogens (tertiary/aromatic N) is 2. The molecule has 0 saturated carbocycles. The van der Waals surface area contributed by atoms with E-state index in [1.54, 1.807) is 6.08 Å². The Morgan fingerprint density at radius 3 is 3.25 bits per heavy atom. The number of hydrogen-bond donors (Lipinski definition) is 0. The molecule has 2 aliphatic rings. The first kappa shape index (κ1) is 13.7. The molecule has 2 aliphatic heterocycles. The Morgan fingerprint density at radius 1 is 1.50 bits per heavy atom. The van der Waals surface area contributed by atoms with Crippen molar-refractivity contribution in [3.63, 3.8) is 0 Å². The highest BCUT2D eigenvalue weighted by Gasteiger charge is 2.27. The zero-order valence-electron chi connectivity index (χ0n) is 11.9.